The van der Waals surface area contributed by atoms with Gasteiger partial charge in [0.2, 0.25) is 0 Å². The van der Waals surface area contributed by atoms with E-state index in [4.69, 9.17) is 9.47 Å². The van der Waals surface area contributed by atoms with Crippen LogP contribution in [-0.4, -0.2) is 31.4 Å². The van der Waals surface area contributed by atoms with Crippen molar-refractivity contribution < 1.29 is 23.9 Å². The number of rotatable bonds is 7. The molecular weight excluding hydrogens is 354 g/mol. The minimum atomic E-state index is -0.487. The van der Waals surface area contributed by atoms with E-state index in [2.05, 4.69) is 5.32 Å². The van der Waals surface area contributed by atoms with Crippen LogP contribution in [0.4, 0.5) is 5.00 Å². The molecule has 2 aromatic rings. The Morgan fingerprint density at radius 3 is 2.35 bits per heavy atom. The van der Waals surface area contributed by atoms with Crippen LogP contribution < -0.4 is 10.1 Å². The number of Topliss-reactive ketones (excluding diaryl/α,β-unsaturated/α-hetero) is 1. The summed E-state index contributed by atoms with van der Waals surface area (Å²) in [5, 5.41) is 3.14. The van der Waals surface area contributed by atoms with Crippen LogP contribution in [0, 0.1) is 13.8 Å². The molecule has 1 N–H and O–H groups in total. The van der Waals surface area contributed by atoms with Crippen LogP contribution in [0.25, 0.3) is 0 Å². The first-order valence-electron chi connectivity index (χ1n) is 8.11. The standard InChI is InChI=1S/C19H21NO5S/c1-5-15(21)13-6-8-14(9-7-13)25-10-16(22)20-18-17(19(23)24-4)11(2)12(3)26-18/h6-9H,5,10H2,1-4H3,(H,20,22). The van der Waals surface area contributed by atoms with E-state index in [0.29, 0.717) is 28.3 Å². The van der Waals surface area contributed by atoms with Crippen LogP contribution >= 0.6 is 11.3 Å². The molecule has 7 heteroatoms. The number of anilines is 1. The van der Waals surface area contributed by atoms with Crippen molar-refractivity contribution in [2.75, 3.05) is 19.0 Å². The molecule has 26 heavy (non-hydrogen) atoms. The molecule has 0 unspecified atom stereocenters. The lowest BCUT2D eigenvalue weighted by molar-refractivity contribution is -0.118. The Hall–Kier alpha value is -2.67. The minimum Gasteiger partial charge on any atom is -0.484 e. The summed E-state index contributed by atoms with van der Waals surface area (Å²) in [5.41, 5.74) is 1.76. The summed E-state index contributed by atoms with van der Waals surface area (Å²) >= 11 is 1.32. The molecule has 0 atom stereocenters. The molecule has 1 heterocycles. The van der Waals surface area contributed by atoms with Crippen LogP contribution in [0.2, 0.25) is 0 Å². The summed E-state index contributed by atoms with van der Waals surface area (Å²) in [6.07, 6.45) is 0.435. The highest BCUT2D eigenvalue weighted by Gasteiger charge is 2.21. The molecule has 1 aromatic carbocycles. The normalized spacial score (nSPS) is 10.3. The third kappa shape index (κ3) is 4.49. The summed E-state index contributed by atoms with van der Waals surface area (Å²) < 4.78 is 10.2. The zero-order valence-electron chi connectivity index (χ0n) is 15.2. The Bertz CT molecular complexity index is 823. The summed E-state index contributed by atoms with van der Waals surface area (Å²) in [6, 6.07) is 6.63. The van der Waals surface area contributed by atoms with Gasteiger partial charge in [0, 0.05) is 16.9 Å². The summed E-state index contributed by atoms with van der Waals surface area (Å²) in [7, 11) is 1.30. The number of benzene rings is 1. The number of nitrogens with one attached hydrogen (secondary N) is 1. The van der Waals surface area contributed by atoms with E-state index >= 15 is 0 Å². The number of ether oxygens (including phenoxy) is 2. The van der Waals surface area contributed by atoms with Gasteiger partial charge in [-0.05, 0) is 43.7 Å². The smallest absolute Gasteiger partial charge is 0.341 e. The highest BCUT2D eigenvalue weighted by molar-refractivity contribution is 7.16. The molecule has 0 spiro atoms. The quantitative estimate of drug-likeness (QED) is 0.589. The number of hydrogen-bond donors (Lipinski definition) is 1. The molecule has 0 bridgehead atoms. The van der Waals surface area contributed by atoms with Gasteiger partial charge in [0.05, 0.1) is 12.7 Å². The second kappa shape index (κ2) is 8.62. The van der Waals surface area contributed by atoms with Crippen molar-refractivity contribution in [1.29, 1.82) is 0 Å². The molecule has 1 aromatic heterocycles. The van der Waals surface area contributed by atoms with Crippen molar-refractivity contribution in [2.24, 2.45) is 0 Å². The van der Waals surface area contributed by atoms with Crippen LogP contribution in [0.15, 0.2) is 24.3 Å². The molecule has 0 saturated carbocycles. The van der Waals surface area contributed by atoms with E-state index in [9.17, 15) is 14.4 Å². The Balaban J connectivity index is 2.00. The van der Waals surface area contributed by atoms with Crippen molar-refractivity contribution >= 4 is 34.0 Å². The average molecular weight is 375 g/mol. The predicted molar refractivity (Wildman–Crippen MR) is 100 cm³/mol. The number of thiophene rings is 1. The molecule has 0 saturated heterocycles. The van der Waals surface area contributed by atoms with Crippen LogP contribution in [0.1, 0.15) is 44.5 Å². The fourth-order valence-corrected chi connectivity index (χ4v) is 3.38. The zero-order chi connectivity index (χ0) is 19.3. The Morgan fingerprint density at radius 1 is 1.12 bits per heavy atom. The molecule has 2 rings (SSSR count). The zero-order valence-corrected chi connectivity index (χ0v) is 16.0. The van der Waals surface area contributed by atoms with Crippen molar-refractivity contribution in [3.05, 3.63) is 45.8 Å². The molecule has 1 amide bonds. The number of carbonyl (C=O) groups excluding carboxylic acids is 3. The lowest BCUT2D eigenvalue weighted by Gasteiger charge is -2.08. The Morgan fingerprint density at radius 2 is 1.77 bits per heavy atom. The van der Waals surface area contributed by atoms with Gasteiger partial charge in [0.15, 0.2) is 12.4 Å². The number of amides is 1. The van der Waals surface area contributed by atoms with Gasteiger partial charge in [-0.3, -0.25) is 9.59 Å². The SMILES string of the molecule is CCC(=O)c1ccc(OCC(=O)Nc2sc(C)c(C)c2C(=O)OC)cc1. The fourth-order valence-electron chi connectivity index (χ4n) is 2.32. The third-order valence-electron chi connectivity index (χ3n) is 3.90. The van der Waals surface area contributed by atoms with Gasteiger partial charge in [0.1, 0.15) is 10.8 Å². The summed E-state index contributed by atoms with van der Waals surface area (Å²) in [5.74, 6) is -0.336. The molecule has 0 aliphatic rings. The number of ketones is 1. The van der Waals surface area contributed by atoms with Gasteiger partial charge in [-0.1, -0.05) is 6.92 Å². The molecule has 0 aliphatic heterocycles. The van der Waals surface area contributed by atoms with E-state index in [1.165, 1.54) is 18.4 Å². The van der Waals surface area contributed by atoms with Gasteiger partial charge < -0.3 is 14.8 Å². The van der Waals surface area contributed by atoms with Crippen molar-refractivity contribution in [1.82, 2.24) is 0 Å². The molecule has 6 nitrogen and oxygen atoms in total. The van der Waals surface area contributed by atoms with Crippen LogP contribution in [-0.2, 0) is 9.53 Å². The first-order valence-corrected chi connectivity index (χ1v) is 8.93. The lowest BCUT2D eigenvalue weighted by Crippen LogP contribution is -2.21. The maximum absolute atomic E-state index is 12.2. The van der Waals surface area contributed by atoms with E-state index in [-0.39, 0.29) is 18.3 Å². The second-order valence-corrected chi connectivity index (χ2v) is 6.84. The number of esters is 1. The monoisotopic (exact) mass is 375 g/mol. The van der Waals surface area contributed by atoms with Crippen LogP contribution in [0.5, 0.6) is 5.75 Å². The highest BCUT2D eigenvalue weighted by atomic mass is 32.1. The number of aryl methyl sites for hydroxylation is 1. The van der Waals surface area contributed by atoms with E-state index in [0.717, 1.165) is 10.4 Å². The number of carbonyl (C=O) groups is 3. The van der Waals surface area contributed by atoms with Gasteiger partial charge in [-0.15, -0.1) is 11.3 Å². The summed E-state index contributed by atoms with van der Waals surface area (Å²) in [4.78, 5) is 36.6. The van der Waals surface area contributed by atoms with Crippen molar-refractivity contribution in [3.63, 3.8) is 0 Å². The maximum atomic E-state index is 12.2. The number of methoxy groups -OCH3 is 1. The van der Waals surface area contributed by atoms with Gasteiger partial charge >= 0.3 is 5.97 Å². The second-order valence-electron chi connectivity index (χ2n) is 5.62. The first kappa shape index (κ1) is 19.7. The molecule has 0 aliphatic carbocycles. The van der Waals surface area contributed by atoms with Gasteiger partial charge in [0.25, 0.3) is 5.91 Å². The highest BCUT2D eigenvalue weighted by Crippen LogP contribution is 2.32. The maximum Gasteiger partial charge on any atom is 0.341 e. The molecular formula is C19H21NO5S. The lowest BCUT2D eigenvalue weighted by atomic mass is 10.1. The average Bonchev–Trinajstić information content (AvgIpc) is 2.92. The molecule has 0 fully saturated rings. The largest absolute Gasteiger partial charge is 0.484 e. The minimum absolute atomic E-state index is 0.0491. The number of hydrogen-bond acceptors (Lipinski definition) is 6. The molecule has 138 valence electrons. The van der Waals surface area contributed by atoms with E-state index < -0.39 is 5.97 Å². The van der Waals surface area contributed by atoms with E-state index in [1.807, 2.05) is 13.8 Å². The van der Waals surface area contributed by atoms with Crippen molar-refractivity contribution in [3.8, 4) is 5.75 Å². The van der Waals surface area contributed by atoms with E-state index in [1.54, 1.807) is 31.2 Å². The predicted octanol–water partition coefficient (Wildman–Crippen LogP) is 3.76. The fraction of sp³-hybridized carbons (Fsp3) is 0.316. The van der Waals surface area contributed by atoms with Crippen LogP contribution in [0.3, 0.4) is 0 Å². The third-order valence-corrected chi connectivity index (χ3v) is 5.02. The summed E-state index contributed by atoms with van der Waals surface area (Å²) in [6.45, 7) is 5.27. The Kier molecular flexibility index (Phi) is 6.52. The van der Waals surface area contributed by atoms with Gasteiger partial charge in [-0.25, -0.2) is 4.79 Å². The Labute approximate surface area is 156 Å². The molecule has 0 radical (unpaired) electrons. The van der Waals surface area contributed by atoms with Gasteiger partial charge in [-0.2, -0.15) is 0 Å². The first-order chi connectivity index (χ1) is 12.4. The van der Waals surface area contributed by atoms with Crippen molar-refractivity contribution in [2.45, 2.75) is 27.2 Å². The topological polar surface area (TPSA) is 81.7 Å².